The Morgan fingerprint density at radius 2 is 1.19 bits per heavy atom. The van der Waals surface area contributed by atoms with Crippen molar-refractivity contribution < 1.29 is 19.0 Å². The average molecular weight is 479 g/mol. The van der Waals surface area contributed by atoms with Gasteiger partial charge in [0, 0.05) is 0 Å². The predicted molar refractivity (Wildman–Crippen MR) is 131 cm³/mol. The number of aromatic hydroxyl groups is 2. The quantitative estimate of drug-likeness (QED) is 0.362. The highest BCUT2D eigenvalue weighted by Crippen LogP contribution is 2.41. The van der Waals surface area contributed by atoms with Crippen molar-refractivity contribution >= 4 is 21.9 Å². The van der Waals surface area contributed by atoms with Gasteiger partial charge in [-0.1, -0.05) is 47.7 Å². The first-order valence-electron chi connectivity index (χ1n) is 11.0. The number of para-hydroxylation sites is 3. The maximum absolute atomic E-state index is 13.2. The highest BCUT2D eigenvalue weighted by molar-refractivity contribution is 5.86. The normalized spacial score (nSPS) is 11.5. The summed E-state index contributed by atoms with van der Waals surface area (Å²) in [6.07, 6.45) is 1.52. The van der Waals surface area contributed by atoms with Gasteiger partial charge >= 0.3 is 11.3 Å². The Morgan fingerprint density at radius 1 is 0.694 bits per heavy atom. The molecule has 0 saturated carbocycles. The van der Waals surface area contributed by atoms with Gasteiger partial charge in [0.2, 0.25) is 0 Å². The molecule has 0 radical (unpaired) electrons. The Labute approximate surface area is 202 Å². The monoisotopic (exact) mass is 479 g/mol. The summed E-state index contributed by atoms with van der Waals surface area (Å²) in [6.45, 7) is 0. The van der Waals surface area contributed by atoms with Crippen molar-refractivity contribution in [1.82, 2.24) is 15.0 Å². The molecule has 9 nitrogen and oxygen atoms in total. The molecule has 6 rings (SSSR count). The molecule has 0 saturated heterocycles. The van der Waals surface area contributed by atoms with E-state index in [-0.39, 0.29) is 38.8 Å². The molecule has 6 aromatic rings. The van der Waals surface area contributed by atoms with Crippen LogP contribution in [0.2, 0.25) is 0 Å². The van der Waals surface area contributed by atoms with Crippen molar-refractivity contribution in [2.75, 3.05) is 0 Å². The lowest BCUT2D eigenvalue weighted by molar-refractivity contribution is 0.440. The summed E-state index contributed by atoms with van der Waals surface area (Å²) < 4.78 is 12.4. The molecule has 0 amide bonds. The van der Waals surface area contributed by atoms with Gasteiger partial charge in [-0.2, -0.15) is 0 Å². The molecule has 0 aliphatic carbocycles. The SMILES string of the molecule is O=c1oc2ccccc2c(O)c1C(c1cn(-c2ccccc2)nn1)c1c(O)c2ccccc2oc1=O. The van der Waals surface area contributed by atoms with E-state index in [1.807, 2.05) is 18.2 Å². The van der Waals surface area contributed by atoms with Crippen LogP contribution in [0.5, 0.6) is 11.5 Å². The van der Waals surface area contributed by atoms with Crippen molar-refractivity contribution in [3.63, 3.8) is 0 Å². The fourth-order valence-electron chi connectivity index (χ4n) is 4.36. The summed E-state index contributed by atoms with van der Waals surface area (Å²) in [5.74, 6) is -2.13. The van der Waals surface area contributed by atoms with Gasteiger partial charge in [0.25, 0.3) is 0 Å². The third kappa shape index (κ3) is 3.33. The zero-order valence-corrected chi connectivity index (χ0v) is 18.5. The summed E-state index contributed by atoms with van der Waals surface area (Å²) in [6, 6.07) is 22.0. The first-order valence-corrected chi connectivity index (χ1v) is 11.0. The molecule has 0 aliphatic heterocycles. The number of aromatic nitrogens is 3. The van der Waals surface area contributed by atoms with E-state index in [4.69, 9.17) is 8.83 Å². The fraction of sp³-hybridized carbons (Fsp3) is 0.0370. The smallest absolute Gasteiger partial charge is 0.344 e. The fourth-order valence-corrected chi connectivity index (χ4v) is 4.36. The van der Waals surface area contributed by atoms with Gasteiger partial charge in [-0.3, -0.25) is 0 Å². The molecule has 3 heterocycles. The van der Waals surface area contributed by atoms with Crippen molar-refractivity contribution in [3.05, 3.63) is 123 Å². The van der Waals surface area contributed by atoms with Gasteiger partial charge in [0.05, 0.1) is 45.4 Å². The first kappa shape index (κ1) is 21.4. The van der Waals surface area contributed by atoms with Gasteiger partial charge in [0.1, 0.15) is 22.7 Å². The molecule has 176 valence electrons. The van der Waals surface area contributed by atoms with Crippen LogP contribution in [-0.4, -0.2) is 25.2 Å². The maximum atomic E-state index is 13.2. The second-order valence-electron chi connectivity index (χ2n) is 8.15. The Hall–Kier alpha value is -5.18. The largest absolute Gasteiger partial charge is 0.507 e. The summed E-state index contributed by atoms with van der Waals surface area (Å²) in [4.78, 5) is 26.4. The van der Waals surface area contributed by atoms with E-state index in [9.17, 15) is 19.8 Å². The van der Waals surface area contributed by atoms with Crippen molar-refractivity contribution in [1.29, 1.82) is 0 Å². The van der Waals surface area contributed by atoms with E-state index in [1.165, 1.54) is 10.9 Å². The molecule has 0 atom stereocenters. The van der Waals surface area contributed by atoms with Gasteiger partial charge in [-0.05, 0) is 36.4 Å². The van der Waals surface area contributed by atoms with Gasteiger partial charge in [0.15, 0.2) is 0 Å². The maximum Gasteiger partial charge on any atom is 0.344 e. The molecule has 9 heteroatoms. The number of fused-ring (bicyclic) bond motifs is 2. The minimum absolute atomic E-state index is 0.120. The zero-order valence-electron chi connectivity index (χ0n) is 18.5. The minimum atomic E-state index is -1.34. The number of hydrogen-bond donors (Lipinski definition) is 2. The highest BCUT2D eigenvalue weighted by atomic mass is 16.4. The van der Waals surface area contributed by atoms with Crippen LogP contribution in [0.3, 0.4) is 0 Å². The molecule has 0 aliphatic rings. The molecular formula is C27H17N3O6. The van der Waals surface area contributed by atoms with Gasteiger partial charge in [-0.15, -0.1) is 5.10 Å². The summed E-state index contributed by atoms with van der Waals surface area (Å²) >= 11 is 0. The molecule has 0 spiro atoms. The third-order valence-corrected chi connectivity index (χ3v) is 6.04. The molecule has 2 N–H and O–H groups in total. The highest BCUT2D eigenvalue weighted by Gasteiger charge is 2.34. The molecular weight excluding hydrogens is 462 g/mol. The van der Waals surface area contributed by atoms with E-state index in [2.05, 4.69) is 10.3 Å². The van der Waals surface area contributed by atoms with Crippen LogP contribution in [0.15, 0.2) is 103 Å². The Morgan fingerprint density at radius 3 is 1.75 bits per heavy atom. The van der Waals surface area contributed by atoms with Crippen molar-refractivity contribution in [3.8, 4) is 17.2 Å². The van der Waals surface area contributed by atoms with Crippen LogP contribution in [0, 0.1) is 0 Å². The predicted octanol–water partition coefficient (Wildman–Crippen LogP) is 4.07. The van der Waals surface area contributed by atoms with E-state index in [0.717, 1.165) is 0 Å². The number of nitrogens with zero attached hydrogens (tertiary/aromatic N) is 3. The minimum Gasteiger partial charge on any atom is -0.507 e. The lowest BCUT2D eigenvalue weighted by atomic mass is 9.88. The molecule has 0 fully saturated rings. The van der Waals surface area contributed by atoms with Crippen LogP contribution in [0.1, 0.15) is 22.7 Å². The molecule has 3 aromatic carbocycles. The second kappa shape index (κ2) is 8.24. The second-order valence-corrected chi connectivity index (χ2v) is 8.15. The van der Waals surface area contributed by atoms with Crippen LogP contribution in [0.25, 0.3) is 27.6 Å². The Bertz CT molecular complexity index is 1770. The van der Waals surface area contributed by atoms with E-state index >= 15 is 0 Å². The number of hydrogen-bond acceptors (Lipinski definition) is 8. The summed E-state index contributed by atoms with van der Waals surface area (Å²) in [5, 5.41) is 31.3. The lowest BCUT2D eigenvalue weighted by Gasteiger charge is -2.17. The number of benzene rings is 3. The molecule has 36 heavy (non-hydrogen) atoms. The molecule has 0 bridgehead atoms. The van der Waals surface area contributed by atoms with Gasteiger partial charge < -0.3 is 19.0 Å². The van der Waals surface area contributed by atoms with E-state index < -0.39 is 28.7 Å². The van der Waals surface area contributed by atoms with Crippen LogP contribution in [-0.2, 0) is 0 Å². The van der Waals surface area contributed by atoms with Crippen LogP contribution in [0.4, 0.5) is 0 Å². The van der Waals surface area contributed by atoms with Crippen molar-refractivity contribution in [2.24, 2.45) is 0 Å². The molecule has 0 unspecified atom stereocenters. The first-order chi connectivity index (χ1) is 17.5. The Kier molecular flexibility index (Phi) is 4.89. The lowest BCUT2D eigenvalue weighted by Crippen LogP contribution is -2.21. The van der Waals surface area contributed by atoms with Gasteiger partial charge in [-0.25, -0.2) is 14.3 Å². The zero-order chi connectivity index (χ0) is 24.8. The van der Waals surface area contributed by atoms with Crippen molar-refractivity contribution in [2.45, 2.75) is 5.92 Å². The Balaban J connectivity index is 1.68. The van der Waals surface area contributed by atoms with E-state index in [0.29, 0.717) is 5.69 Å². The summed E-state index contributed by atoms with van der Waals surface area (Å²) in [7, 11) is 0. The molecule has 3 aromatic heterocycles. The standard InChI is InChI=1S/C27H17N3O6/c31-24-16-10-4-6-12-19(16)35-26(33)22(24)21(18-14-30(29-28-18)15-8-2-1-3-9-15)23-25(32)17-11-5-7-13-20(17)36-27(23)34/h1-14,21,31-32H. The summed E-state index contributed by atoms with van der Waals surface area (Å²) in [5.41, 5.74) is -1.18. The van der Waals surface area contributed by atoms with E-state index in [1.54, 1.807) is 60.7 Å². The average Bonchev–Trinajstić information content (AvgIpc) is 3.38. The topological polar surface area (TPSA) is 132 Å². The van der Waals surface area contributed by atoms with Crippen LogP contribution < -0.4 is 11.3 Å². The van der Waals surface area contributed by atoms with Crippen LogP contribution >= 0.6 is 0 Å². The third-order valence-electron chi connectivity index (χ3n) is 6.04. The number of rotatable bonds is 4.